The van der Waals surface area contributed by atoms with Crippen LogP contribution in [0.5, 0.6) is 0 Å². The van der Waals surface area contributed by atoms with Crippen molar-refractivity contribution < 1.29 is 8.42 Å². The predicted octanol–water partition coefficient (Wildman–Crippen LogP) is 2.20. The van der Waals surface area contributed by atoms with Gasteiger partial charge in [0.25, 0.3) is 0 Å². The lowest BCUT2D eigenvalue weighted by Crippen LogP contribution is -2.46. The molecule has 0 aromatic carbocycles. The molecule has 1 aliphatic rings. The Balaban J connectivity index is 2.71. The van der Waals surface area contributed by atoms with Gasteiger partial charge in [0.15, 0.2) is 0 Å². The van der Waals surface area contributed by atoms with Gasteiger partial charge < -0.3 is 5.73 Å². The van der Waals surface area contributed by atoms with Crippen molar-refractivity contribution in [2.24, 2.45) is 17.1 Å². The van der Waals surface area contributed by atoms with Gasteiger partial charge in [-0.3, -0.25) is 0 Å². The largest absolute Gasteiger partial charge is 0.330 e. The summed E-state index contributed by atoms with van der Waals surface area (Å²) >= 11 is 0. The highest BCUT2D eigenvalue weighted by molar-refractivity contribution is 7.89. The summed E-state index contributed by atoms with van der Waals surface area (Å²) in [4.78, 5) is 0. The second kappa shape index (κ2) is 6.55. The fourth-order valence-electron chi connectivity index (χ4n) is 2.73. The quantitative estimate of drug-likeness (QED) is 0.844. The Labute approximate surface area is 118 Å². The van der Waals surface area contributed by atoms with E-state index in [9.17, 15) is 8.42 Å². The van der Waals surface area contributed by atoms with Gasteiger partial charge in [-0.2, -0.15) is 0 Å². The van der Waals surface area contributed by atoms with Gasteiger partial charge in [-0.1, -0.05) is 33.6 Å². The Morgan fingerprint density at radius 1 is 1.21 bits per heavy atom. The van der Waals surface area contributed by atoms with Crippen molar-refractivity contribution in [3.05, 3.63) is 0 Å². The summed E-state index contributed by atoms with van der Waals surface area (Å²) < 4.78 is 26.5. The molecule has 0 aromatic heterocycles. The molecular formula is C14H30N2O2S. The normalized spacial score (nSPS) is 25.8. The number of nitrogens with two attached hydrogens (primary N) is 1. The van der Waals surface area contributed by atoms with Crippen molar-refractivity contribution in [3.63, 3.8) is 0 Å². The van der Waals surface area contributed by atoms with E-state index in [0.29, 0.717) is 18.9 Å². The molecule has 2 atom stereocenters. The Hall–Kier alpha value is -0.130. The minimum Gasteiger partial charge on any atom is -0.330 e. The molecular weight excluding hydrogens is 260 g/mol. The average molecular weight is 290 g/mol. The number of sulfonamides is 1. The van der Waals surface area contributed by atoms with Crippen molar-refractivity contribution in [2.45, 2.75) is 58.9 Å². The van der Waals surface area contributed by atoms with Crippen LogP contribution in [0, 0.1) is 11.3 Å². The Morgan fingerprint density at radius 2 is 1.79 bits per heavy atom. The summed E-state index contributed by atoms with van der Waals surface area (Å²) in [5.74, 6) is 0.559. The van der Waals surface area contributed by atoms with Crippen LogP contribution in [0.3, 0.4) is 0 Å². The lowest BCUT2D eigenvalue weighted by atomic mass is 9.85. The molecule has 114 valence electrons. The van der Waals surface area contributed by atoms with Crippen molar-refractivity contribution >= 4 is 10.0 Å². The van der Waals surface area contributed by atoms with E-state index in [-0.39, 0.29) is 17.2 Å². The summed E-state index contributed by atoms with van der Waals surface area (Å²) in [5.41, 5.74) is 5.85. The van der Waals surface area contributed by atoms with E-state index >= 15 is 0 Å². The minimum absolute atomic E-state index is 0.0493. The van der Waals surface area contributed by atoms with Crippen molar-refractivity contribution in [1.82, 2.24) is 4.31 Å². The molecule has 1 fully saturated rings. The first kappa shape index (κ1) is 16.9. The Bertz CT molecular complexity index is 373. The van der Waals surface area contributed by atoms with Crippen LogP contribution < -0.4 is 5.73 Å². The molecule has 1 aliphatic carbocycles. The van der Waals surface area contributed by atoms with Crippen LogP contribution in [0.1, 0.15) is 52.9 Å². The van der Waals surface area contributed by atoms with E-state index in [1.165, 1.54) is 6.42 Å². The van der Waals surface area contributed by atoms with Gasteiger partial charge in [0, 0.05) is 13.1 Å². The van der Waals surface area contributed by atoms with Gasteiger partial charge in [0.2, 0.25) is 10.0 Å². The number of nitrogens with zero attached hydrogens (tertiary/aromatic N) is 1. The van der Waals surface area contributed by atoms with Gasteiger partial charge in [-0.25, -0.2) is 12.7 Å². The average Bonchev–Trinajstić information content (AvgIpc) is 2.35. The second-order valence-electron chi connectivity index (χ2n) is 6.99. The zero-order valence-corrected chi connectivity index (χ0v) is 13.7. The maximum absolute atomic E-state index is 12.4. The molecule has 19 heavy (non-hydrogen) atoms. The third kappa shape index (κ3) is 5.04. The third-order valence-corrected chi connectivity index (χ3v) is 6.06. The highest BCUT2D eigenvalue weighted by Crippen LogP contribution is 2.29. The summed E-state index contributed by atoms with van der Waals surface area (Å²) in [7, 11) is -1.43. The molecule has 0 radical (unpaired) electrons. The monoisotopic (exact) mass is 290 g/mol. The Kier molecular flexibility index (Phi) is 5.83. The first-order valence-electron chi connectivity index (χ1n) is 7.33. The van der Waals surface area contributed by atoms with E-state index in [0.717, 1.165) is 19.3 Å². The van der Waals surface area contributed by atoms with Crippen LogP contribution in [0.15, 0.2) is 0 Å². The fraction of sp³-hybridized carbons (Fsp3) is 1.00. The molecule has 0 aliphatic heterocycles. The maximum Gasteiger partial charge on any atom is 0.214 e. The zero-order chi connectivity index (χ0) is 14.7. The SMILES string of the molecule is CN(C1CCCCC1CN)S(=O)(=O)CCC(C)(C)C. The molecule has 1 rings (SSSR count). The summed E-state index contributed by atoms with van der Waals surface area (Å²) in [6.07, 6.45) is 4.99. The van der Waals surface area contributed by atoms with Crippen molar-refractivity contribution in [2.75, 3.05) is 19.3 Å². The molecule has 1 saturated carbocycles. The van der Waals surface area contributed by atoms with Crippen molar-refractivity contribution in [1.29, 1.82) is 0 Å². The van der Waals surface area contributed by atoms with Gasteiger partial charge in [0.1, 0.15) is 0 Å². The topological polar surface area (TPSA) is 63.4 Å². The first-order chi connectivity index (χ1) is 8.67. The second-order valence-corrected chi connectivity index (χ2v) is 9.14. The molecule has 2 unspecified atom stereocenters. The molecule has 5 heteroatoms. The van der Waals surface area contributed by atoms with E-state index < -0.39 is 10.0 Å². The van der Waals surface area contributed by atoms with Gasteiger partial charge in [-0.15, -0.1) is 0 Å². The Morgan fingerprint density at radius 3 is 2.32 bits per heavy atom. The van der Waals surface area contributed by atoms with E-state index in [2.05, 4.69) is 20.8 Å². The molecule has 0 saturated heterocycles. The number of hydrogen-bond donors (Lipinski definition) is 1. The van der Waals surface area contributed by atoms with Crippen LogP contribution in [-0.2, 0) is 10.0 Å². The summed E-state index contributed by atoms with van der Waals surface area (Å²) in [6.45, 7) is 6.81. The van der Waals surface area contributed by atoms with Crippen LogP contribution in [-0.4, -0.2) is 38.1 Å². The lowest BCUT2D eigenvalue weighted by molar-refractivity contribution is 0.203. The molecule has 0 heterocycles. The fourth-order valence-corrected chi connectivity index (χ4v) is 4.58. The highest BCUT2D eigenvalue weighted by Gasteiger charge is 2.33. The van der Waals surface area contributed by atoms with E-state index in [1.54, 1.807) is 11.4 Å². The van der Waals surface area contributed by atoms with Crippen LogP contribution in [0.25, 0.3) is 0 Å². The minimum atomic E-state index is -3.16. The lowest BCUT2D eigenvalue weighted by Gasteiger charge is -2.37. The summed E-state index contributed by atoms with van der Waals surface area (Å²) in [6, 6.07) is 0.101. The molecule has 0 amide bonds. The standard InChI is InChI=1S/C14H30N2O2S/c1-14(2,3)9-10-19(17,18)16(4)13-8-6-5-7-12(13)11-15/h12-13H,5-11,15H2,1-4H3. The maximum atomic E-state index is 12.4. The van der Waals surface area contributed by atoms with Crippen LogP contribution in [0.2, 0.25) is 0 Å². The van der Waals surface area contributed by atoms with Gasteiger partial charge in [0.05, 0.1) is 5.75 Å². The van der Waals surface area contributed by atoms with E-state index in [1.807, 2.05) is 0 Å². The van der Waals surface area contributed by atoms with Crippen LogP contribution in [0.4, 0.5) is 0 Å². The first-order valence-corrected chi connectivity index (χ1v) is 8.94. The molecule has 0 bridgehead atoms. The molecule has 2 N–H and O–H groups in total. The van der Waals surface area contributed by atoms with Gasteiger partial charge in [-0.05, 0) is 37.1 Å². The summed E-state index contributed by atoms with van der Waals surface area (Å²) in [5, 5.41) is 0. The highest BCUT2D eigenvalue weighted by atomic mass is 32.2. The molecule has 0 aromatic rings. The number of rotatable bonds is 5. The van der Waals surface area contributed by atoms with E-state index in [4.69, 9.17) is 5.73 Å². The van der Waals surface area contributed by atoms with Crippen LogP contribution >= 0.6 is 0 Å². The predicted molar refractivity (Wildman–Crippen MR) is 80.4 cm³/mol. The third-order valence-electron chi connectivity index (χ3n) is 4.19. The number of hydrogen-bond acceptors (Lipinski definition) is 3. The molecule has 4 nitrogen and oxygen atoms in total. The van der Waals surface area contributed by atoms with Gasteiger partial charge >= 0.3 is 0 Å². The smallest absolute Gasteiger partial charge is 0.214 e. The van der Waals surface area contributed by atoms with Crippen molar-refractivity contribution in [3.8, 4) is 0 Å². The zero-order valence-electron chi connectivity index (χ0n) is 12.9. The molecule has 0 spiro atoms.